The minimum absolute atomic E-state index is 0.0716. The minimum atomic E-state index is -4.47. The smallest absolute Gasteiger partial charge is 0.390 e. The lowest BCUT2D eigenvalue weighted by molar-refractivity contribution is -0.146. The zero-order chi connectivity index (χ0) is 29.1. The number of ether oxygens (including phenoxy) is 1. The molecule has 0 aromatic heterocycles. The van der Waals surface area contributed by atoms with E-state index < -0.39 is 50.2 Å². The van der Waals surface area contributed by atoms with E-state index in [9.17, 15) is 40.7 Å². The van der Waals surface area contributed by atoms with Gasteiger partial charge in [-0.25, -0.2) is 0 Å². The number of halogens is 6. The number of piperidine rings is 1. The topological polar surface area (TPSA) is 79.0 Å². The molecular weight excluding hydrogens is 544 g/mol. The van der Waals surface area contributed by atoms with Gasteiger partial charge in [-0.15, -0.1) is 0 Å². The Balaban J connectivity index is 1.37. The fourth-order valence-electron chi connectivity index (χ4n) is 4.69. The van der Waals surface area contributed by atoms with E-state index in [1.54, 1.807) is 42.5 Å². The number of amides is 3. The first kappa shape index (κ1) is 29.4. The second kappa shape index (κ2) is 11.9. The van der Waals surface area contributed by atoms with Crippen molar-refractivity contribution in [3.63, 3.8) is 0 Å². The number of carbonyl (C=O) groups is 3. The van der Waals surface area contributed by atoms with Gasteiger partial charge in [0.2, 0.25) is 11.8 Å². The number of imide groups is 1. The summed E-state index contributed by atoms with van der Waals surface area (Å²) >= 11 is 0. The fourth-order valence-corrected chi connectivity index (χ4v) is 4.69. The minimum Gasteiger partial charge on any atom is -0.489 e. The molecule has 2 aromatic rings. The molecule has 0 radical (unpaired) electrons. The predicted octanol–water partition coefficient (Wildman–Crippen LogP) is 4.73. The van der Waals surface area contributed by atoms with Crippen LogP contribution in [-0.4, -0.2) is 59.0 Å². The van der Waals surface area contributed by atoms with Crippen molar-refractivity contribution in [1.82, 2.24) is 15.1 Å². The van der Waals surface area contributed by atoms with Crippen LogP contribution in [0.25, 0.3) is 0 Å². The first-order chi connectivity index (χ1) is 18.8. The van der Waals surface area contributed by atoms with E-state index >= 15 is 0 Å². The number of hydrogen-bond acceptors (Lipinski definition) is 5. The van der Waals surface area contributed by atoms with Crippen molar-refractivity contribution < 1.29 is 45.5 Å². The Morgan fingerprint density at radius 3 is 2.12 bits per heavy atom. The third-order valence-electron chi connectivity index (χ3n) is 6.79. The summed E-state index contributed by atoms with van der Waals surface area (Å²) in [6.45, 7) is -0.926. The monoisotopic (exact) mass is 571 g/mol. The second-order valence-electron chi connectivity index (χ2n) is 9.79. The van der Waals surface area contributed by atoms with Crippen LogP contribution in [0.4, 0.5) is 26.3 Å². The highest BCUT2D eigenvalue weighted by Gasteiger charge is 2.40. The van der Waals surface area contributed by atoms with Crippen molar-refractivity contribution in [2.75, 3.05) is 13.1 Å². The molecule has 4 rings (SSSR count). The summed E-state index contributed by atoms with van der Waals surface area (Å²) in [7, 11) is 0. The lowest BCUT2D eigenvalue weighted by atomic mass is 10.0. The van der Waals surface area contributed by atoms with Gasteiger partial charge in [0, 0.05) is 37.2 Å². The van der Waals surface area contributed by atoms with Crippen molar-refractivity contribution in [1.29, 1.82) is 0 Å². The highest BCUT2D eigenvalue weighted by atomic mass is 19.4. The highest BCUT2D eigenvalue weighted by molar-refractivity contribution is 6.05. The van der Waals surface area contributed by atoms with E-state index in [-0.39, 0.29) is 44.4 Å². The largest absolute Gasteiger partial charge is 0.489 e. The van der Waals surface area contributed by atoms with Crippen molar-refractivity contribution in [2.24, 2.45) is 0 Å². The van der Waals surface area contributed by atoms with Gasteiger partial charge in [-0.3, -0.25) is 24.6 Å². The number of hydrogen-bond donors (Lipinski definition) is 1. The van der Waals surface area contributed by atoms with Crippen molar-refractivity contribution in [3.8, 4) is 5.75 Å². The van der Waals surface area contributed by atoms with Gasteiger partial charge in [0.1, 0.15) is 18.4 Å². The van der Waals surface area contributed by atoms with Gasteiger partial charge in [0.15, 0.2) is 0 Å². The summed E-state index contributed by atoms with van der Waals surface area (Å²) in [5.74, 6) is -0.791. The zero-order valence-electron chi connectivity index (χ0n) is 21.3. The second-order valence-corrected chi connectivity index (χ2v) is 9.79. The zero-order valence-corrected chi connectivity index (χ0v) is 21.3. The Hall–Kier alpha value is -3.61. The number of nitrogens with one attached hydrogen (secondary N) is 1. The summed E-state index contributed by atoms with van der Waals surface area (Å²) in [6, 6.07) is 10.8. The molecule has 0 bridgehead atoms. The molecule has 1 saturated heterocycles. The number of nitrogens with zero attached hydrogens (tertiary/aromatic N) is 2. The van der Waals surface area contributed by atoms with E-state index in [2.05, 4.69) is 5.32 Å². The molecule has 13 heteroatoms. The number of benzene rings is 2. The number of rotatable bonds is 10. The van der Waals surface area contributed by atoms with E-state index in [4.69, 9.17) is 4.74 Å². The quantitative estimate of drug-likeness (QED) is 0.330. The normalized spacial score (nSPS) is 17.8. The molecule has 0 saturated carbocycles. The molecule has 2 aliphatic rings. The van der Waals surface area contributed by atoms with Crippen LogP contribution in [0.2, 0.25) is 0 Å². The molecule has 1 unspecified atom stereocenters. The van der Waals surface area contributed by atoms with Gasteiger partial charge in [0.25, 0.3) is 5.91 Å². The van der Waals surface area contributed by atoms with E-state index in [0.717, 1.165) is 4.90 Å². The summed E-state index contributed by atoms with van der Waals surface area (Å²) < 4.78 is 81.8. The van der Waals surface area contributed by atoms with E-state index in [1.807, 2.05) is 0 Å². The van der Waals surface area contributed by atoms with Crippen LogP contribution in [0.3, 0.4) is 0 Å². The Kier molecular flexibility index (Phi) is 8.71. The van der Waals surface area contributed by atoms with Crippen LogP contribution in [0.5, 0.6) is 5.75 Å². The molecule has 1 fully saturated rings. The Labute approximate surface area is 226 Å². The van der Waals surface area contributed by atoms with Crippen molar-refractivity contribution in [3.05, 3.63) is 64.7 Å². The first-order valence-electron chi connectivity index (χ1n) is 12.6. The summed E-state index contributed by atoms with van der Waals surface area (Å²) in [5, 5.41) is 2.25. The Morgan fingerprint density at radius 2 is 1.52 bits per heavy atom. The molecule has 3 amide bonds. The van der Waals surface area contributed by atoms with Crippen LogP contribution in [-0.2, 0) is 29.3 Å². The molecule has 1 N–H and O–H groups in total. The molecule has 1 atom stereocenters. The summed E-state index contributed by atoms with van der Waals surface area (Å²) in [4.78, 5) is 39.2. The molecule has 2 heterocycles. The van der Waals surface area contributed by atoms with Crippen LogP contribution in [0.1, 0.15) is 52.7 Å². The van der Waals surface area contributed by atoms with E-state index in [1.165, 1.54) is 4.90 Å². The van der Waals surface area contributed by atoms with Gasteiger partial charge in [-0.2, -0.15) is 26.3 Å². The van der Waals surface area contributed by atoms with E-state index in [0.29, 0.717) is 28.0 Å². The molecule has 2 aliphatic heterocycles. The van der Waals surface area contributed by atoms with Gasteiger partial charge < -0.3 is 9.64 Å². The molecule has 2 aromatic carbocycles. The SMILES string of the molecule is O=C1CCC(N2Cc3c(OCc4ccc(CN(CCC(F)(F)F)CCC(F)(F)F)cc4)cccc3C2=O)C(=O)N1. The Bertz CT molecular complexity index is 1230. The molecular formula is C27H27F6N3O4. The van der Waals surface area contributed by atoms with Gasteiger partial charge in [-0.1, -0.05) is 30.3 Å². The third-order valence-corrected chi connectivity index (χ3v) is 6.79. The highest BCUT2D eigenvalue weighted by Crippen LogP contribution is 2.34. The third kappa shape index (κ3) is 7.74. The number of carbonyl (C=O) groups excluding carboxylic acids is 3. The molecule has 216 valence electrons. The number of alkyl halides is 6. The molecule has 0 spiro atoms. The maximum atomic E-state index is 13.0. The van der Waals surface area contributed by atoms with Gasteiger partial charge >= 0.3 is 12.4 Å². The summed E-state index contributed by atoms with van der Waals surface area (Å²) in [5.41, 5.74) is 2.26. The summed E-state index contributed by atoms with van der Waals surface area (Å²) in [6.07, 6.45) is -11.0. The molecule has 0 aliphatic carbocycles. The van der Waals surface area contributed by atoms with Crippen LogP contribution < -0.4 is 10.1 Å². The van der Waals surface area contributed by atoms with Gasteiger partial charge in [-0.05, 0) is 29.7 Å². The molecule has 7 nitrogen and oxygen atoms in total. The number of fused-ring (bicyclic) bond motifs is 1. The van der Waals surface area contributed by atoms with Crippen molar-refractivity contribution in [2.45, 2.75) is 63.8 Å². The predicted molar refractivity (Wildman–Crippen MR) is 130 cm³/mol. The fraction of sp³-hybridized carbons (Fsp3) is 0.444. The maximum Gasteiger partial charge on any atom is 0.390 e. The molecule has 40 heavy (non-hydrogen) atoms. The van der Waals surface area contributed by atoms with Crippen molar-refractivity contribution >= 4 is 17.7 Å². The van der Waals surface area contributed by atoms with Crippen LogP contribution in [0, 0.1) is 0 Å². The lowest BCUT2D eigenvalue weighted by Gasteiger charge is -2.29. The average molecular weight is 572 g/mol. The Morgan fingerprint density at radius 1 is 0.900 bits per heavy atom. The first-order valence-corrected chi connectivity index (χ1v) is 12.6. The van der Waals surface area contributed by atoms with Crippen LogP contribution in [0.15, 0.2) is 42.5 Å². The van der Waals surface area contributed by atoms with Gasteiger partial charge in [0.05, 0.1) is 19.4 Å². The standard InChI is InChI=1S/C27H27F6N3O4/c28-26(29,30)10-12-35(13-11-27(31,32)33)14-17-4-6-18(7-5-17)16-40-22-3-1-2-19-20(22)15-36(25(19)39)21-8-9-23(37)34-24(21)38/h1-7,21H,8-16H2,(H,34,37,38). The lowest BCUT2D eigenvalue weighted by Crippen LogP contribution is -2.52. The van der Waals surface area contributed by atoms with Crippen LogP contribution >= 0.6 is 0 Å². The maximum absolute atomic E-state index is 13.0. The average Bonchev–Trinajstić information content (AvgIpc) is 3.21.